The van der Waals surface area contributed by atoms with Gasteiger partial charge in [0, 0.05) is 24.8 Å². The summed E-state index contributed by atoms with van der Waals surface area (Å²) in [7, 11) is 4.98. The Balaban J connectivity index is 1.78. The topological polar surface area (TPSA) is 104 Å². The molecule has 0 saturated carbocycles. The van der Waals surface area contributed by atoms with Crippen LogP contribution in [0.1, 0.15) is 23.2 Å². The maximum Gasteiger partial charge on any atom is 0.242 e. The summed E-state index contributed by atoms with van der Waals surface area (Å²) in [5, 5.41) is 8.11. The van der Waals surface area contributed by atoms with Crippen LogP contribution in [-0.4, -0.2) is 34.9 Å². The van der Waals surface area contributed by atoms with E-state index < -0.39 is 0 Å². The fourth-order valence-corrected chi connectivity index (χ4v) is 3.38. The van der Waals surface area contributed by atoms with Crippen LogP contribution in [-0.2, 0) is 18.3 Å². The molecule has 0 fully saturated rings. The molecule has 2 aromatic heterocycles. The van der Waals surface area contributed by atoms with Crippen molar-refractivity contribution in [3.8, 4) is 11.6 Å². The van der Waals surface area contributed by atoms with Crippen molar-refractivity contribution in [3.05, 3.63) is 35.0 Å². The lowest BCUT2D eigenvalue weighted by atomic mass is 10.00. The van der Waals surface area contributed by atoms with E-state index in [-0.39, 0.29) is 5.91 Å². The van der Waals surface area contributed by atoms with Gasteiger partial charge in [-0.3, -0.25) is 4.79 Å². The van der Waals surface area contributed by atoms with E-state index in [1.807, 2.05) is 20.9 Å². The van der Waals surface area contributed by atoms with Crippen LogP contribution in [0.2, 0.25) is 0 Å². The summed E-state index contributed by atoms with van der Waals surface area (Å²) in [6, 6.07) is 5.17. The summed E-state index contributed by atoms with van der Waals surface area (Å²) < 4.78 is 12.2. The Hall–Kier alpha value is -3.29. The summed E-state index contributed by atoms with van der Waals surface area (Å²) in [6.07, 6.45) is 0.888. The van der Waals surface area contributed by atoms with Crippen molar-refractivity contribution in [3.63, 3.8) is 0 Å². The van der Waals surface area contributed by atoms with E-state index in [2.05, 4.69) is 15.4 Å². The number of amides is 1. The summed E-state index contributed by atoms with van der Waals surface area (Å²) in [6.45, 7) is 3.96. The molecule has 3 rings (SSSR count). The van der Waals surface area contributed by atoms with Crippen LogP contribution in [0.4, 0.5) is 11.4 Å². The number of nitrogens with zero attached hydrogens (tertiary/aromatic N) is 3. The van der Waals surface area contributed by atoms with Gasteiger partial charge in [-0.1, -0.05) is 0 Å². The Labute approximate surface area is 163 Å². The monoisotopic (exact) mass is 383 g/mol. The minimum atomic E-state index is -0.0957. The molecule has 0 unspecified atom stereocenters. The van der Waals surface area contributed by atoms with E-state index in [1.54, 1.807) is 37.1 Å². The molecule has 28 heavy (non-hydrogen) atoms. The molecule has 0 saturated heterocycles. The number of fused-ring (bicyclic) bond motifs is 1. The van der Waals surface area contributed by atoms with Gasteiger partial charge in [-0.2, -0.15) is 0 Å². The standard InChI is InChI=1S/C20H25N5O3/c1-11-14(12(2)22-19-18(11)20(28-5)24-25(19)3)7-9-17(26)23-13-6-8-16(27-4)15(21)10-13/h6,8,10H,7,9,21H2,1-5H3,(H,23,26). The van der Waals surface area contributed by atoms with Gasteiger partial charge in [-0.15, -0.1) is 5.10 Å². The van der Waals surface area contributed by atoms with Crippen molar-refractivity contribution in [1.82, 2.24) is 14.8 Å². The quantitative estimate of drug-likeness (QED) is 0.634. The zero-order valence-corrected chi connectivity index (χ0v) is 16.8. The number of carbonyl (C=O) groups is 1. The van der Waals surface area contributed by atoms with Crippen LogP contribution in [0.5, 0.6) is 11.6 Å². The number of pyridine rings is 1. The third kappa shape index (κ3) is 3.58. The first-order chi connectivity index (χ1) is 13.3. The second-order valence-electron chi connectivity index (χ2n) is 6.64. The molecule has 3 N–H and O–H groups in total. The molecule has 8 nitrogen and oxygen atoms in total. The average molecular weight is 383 g/mol. The third-order valence-electron chi connectivity index (χ3n) is 4.83. The first kappa shape index (κ1) is 19.5. The molecule has 148 valence electrons. The molecule has 8 heteroatoms. The minimum Gasteiger partial charge on any atom is -0.495 e. The number of aromatic nitrogens is 3. The van der Waals surface area contributed by atoms with Gasteiger partial charge >= 0.3 is 0 Å². The van der Waals surface area contributed by atoms with Crippen molar-refractivity contribution in [1.29, 1.82) is 0 Å². The van der Waals surface area contributed by atoms with E-state index in [1.165, 1.54) is 0 Å². The molecule has 0 bridgehead atoms. The van der Waals surface area contributed by atoms with Crippen LogP contribution < -0.4 is 20.5 Å². The van der Waals surface area contributed by atoms with E-state index in [0.717, 1.165) is 27.9 Å². The number of hydrogen-bond donors (Lipinski definition) is 2. The molecule has 0 atom stereocenters. The van der Waals surface area contributed by atoms with Gasteiger partial charge in [-0.05, 0) is 49.6 Å². The predicted molar refractivity (Wildman–Crippen MR) is 109 cm³/mol. The SMILES string of the molecule is COc1ccc(NC(=O)CCc2c(C)nc3c(c(OC)nn3C)c2C)cc1N. The van der Waals surface area contributed by atoms with Gasteiger partial charge in [0.25, 0.3) is 0 Å². The lowest BCUT2D eigenvalue weighted by Crippen LogP contribution is -2.13. The molecular weight excluding hydrogens is 358 g/mol. The highest BCUT2D eigenvalue weighted by Gasteiger charge is 2.18. The second kappa shape index (κ2) is 7.75. The fraction of sp³-hybridized carbons (Fsp3) is 0.350. The number of benzene rings is 1. The van der Waals surface area contributed by atoms with Gasteiger partial charge in [-0.25, -0.2) is 9.67 Å². The first-order valence-corrected chi connectivity index (χ1v) is 8.95. The van der Waals surface area contributed by atoms with Crippen molar-refractivity contribution in [2.45, 2.75) is 26.7 Å². The molecule has 0 aliphatic heterocycles. The second-order valence-corrected chi connectivity index (χ2v) is 6.64. The van der Waals surface area contributed by atoms with E-state index >= 15 is 0 Å². The third-order valence-corrected chi connectivity index (χ3v) is 4.83. The van der Waals surface area contributed by atoms with Crippen LogP contribution in [0.15, 0.2) is 18.2 Å². The Morgan fingerprint density at radius 1 is 1.25 bits per heavy atom. The molecule has 0 spiro atoms. The summed E-state index contributed by atoms with van der Waals surface area (Å²) in [5.74, 6) is 1.03. The maximum absolute atomic E-state index is 12.4. The summed E-state index contributed by atoms with van der Waals surface area (Å²) in [4.78, 5) is 17.1. The molecule has 0 aliphatic rings. The number of methoxy groups -OCH3 is 2. The van der Waals surface area contributed by atoms with Gasteiger partial charge in [0.2, 0.25) is 11.8 Å². The highest BCUT2D eigenvalue weighted by Crippen LogP contribution is 2.30. The van der Waals surface area contributed by atoms with Crippen molar-refractivity contribution in [2.75, 3.05) is 25.3 Å². The van der Waals surface area contributed by atoms with E-state index in [9.17, 15) is 4.79 Å². The number of carbonyl (C=O) groups excluding carboxylic acids is 1. The normalized spacial score (nSPS) is 10.9. The van der Waals surface area contributed by atoms with Crippen LogP contribution in [0.25, 0.3) is 11.0 Å². The number of nitrogens with one attached hydrogen (secondary N) is 1. The molecular formula is C20H25N5O3. The number of nitrogens with two attached hydrogens (primary N) is 1. The van der Waals surface area contributed by atoms with Crippen LogP contribution in [0.3, 0.4) is 0 Å². The number of aryl methyl sites for hydroxylation is 3. The lowest BCUT2D eigenvalue weighted by Gasteiger charge is -2.12. The number of ether oxygens (including phenoxy) is 2. The van der Waals surface area contributed by atoms with Crippen molar-refractivity contribution < 1.29 is 14.3 Å². The number of rotatable bonds is 6. The predicted octanol–water partition coefficient (Wildman–Crippen LogP) is 2.76. The minimum absolute atomic E-state index is 0.0957. The van der Waals surface area contributed by atoms with Crippen molar-refractivity contribution in [2.24, 2.45) is 7.05 Å². The summed E-state index contributed by atoms with van der Waals surface area (Å²) in [5.41, 5.74) is 10.7. The van der Waals surface area contributed by atoms with Crippen LogP contribution in [0, 0.1) is 13.8 Å². The molecule has 0 radical (unpaired) electrons. The van der Waals surface area contributed by atoms with Gasteiger partial charge in [0.15, 0.2) is 5.65 Å². The van der Waals surface area contributed by atoms with Crippen LogP contribution >= 0.6 is 0 Å². The lowest BCUT2D eigenvalue weighted by molar-refractivity contribution is -0.116. The van der Waals surface area contributed by atoms with E-state index in [4.69, 9.17) is 15.2 Å². The largest absolute Gasteiger partial charge is 0.495 e. The number of hydrogen-bond acceptors (Lipinski definition) is 6. The Morgan fingerprint density at radius 3 is 2.64 bits per heavy atom. The maximum atomic E-state index is 12.4. The Kier molecular flexibility index (Phi) is 5.39. The number of nitrogen functional groups attached to an aromatic ring is 1. The van der Waals surface area contributed by atoms with Crippen molar-refractivity contribution >= 4 is 28.3 Å². The Bertz CT molecular complexity index is 1040. The van der Waals surface area contributed by atoms with Gasteiger partial charge in [0.05, 0.1) is 25.3 Å². The average Bonchev–Trinajstić information content (AvgIpc) is 2.97. The van der Waals surface area contributed by atoms with E-state index in [0.29, 0.717) is 35.8 Å². The summed E-state index contributed by atoms with van der Waals surface area (Å²) >= 11 is 0. The first-order valence-electron chi connectivity index (χ1n) is 8.95. The Morgan fingerprint density at radius 2 is 2.00 bits per heavy atom. The smallest absolute Gasteiger partial charge is 0.242 e. The molecule has 3 aromatic rings. The molecule has 2 heterocycles. The molecule has 0 aliphatic carbocycles. The van der Waals surface area contributed by atoms with Gasteiger partial charge in [0.1, 0.15) is 5.75 Å². The highest BCUT2D eigenvalue weighted by atomic mass is 16.5. The highest BCUT2D eigenvalue weighted by molar-refractivity contribution is 5.92. The molecule has 1 aromatic carbocycles. The zero-order chi connectivity index (χ0) is 20.4. The number of anilines is 2. The van der Waals surface area contributed by atoms with Gasteiger partial charge < -0.3 is 20.5 Å². The zero-order valence-electron chi connectivity index (χ0n) is 16.8. The molecule has 1 amide bonds. The fourth-order valence-electron chi connectivity index (χ4n) is 3.38.